The zero-order chi connectivity index (χ0) is 15.8. The molecule has 0 saturated carbocycles. The zero-order valence-corrected chi connectivity index (χ0v) is 13.5. The van der Waals surface area contributed by atoms with Gasteiger partial charge in [-0.15, -0.1) is 0 Å². The van der Waals surface area contributed by atoms with Crippen molar-refractivity contribution in [2.24, 2.45) is 11.1 Å². The van der Waals surface area contributed by atoms with E-state index in [2.05, 4.69) is 6.92 Å². The first-order valence-electron chi connectivity index (χ1n) is 7.20. The molecule has 2 atom stereocenters. The molecule has 1 heterocycles. The molecule has 5 nitrogen and oxygen atoms in total. The lowest BCUT2D eigenvalue weighted by molar-refractivity contribution is 0.0742. The fourth-order valence-electron chi connectivity index (χ4n) is 2.98. The third-order valence-corrected chi connectivity index (χ3v) is 4.98. The normalized spacial score (nSPS) is 22.6. The highest BCUT2D eigenvalue weighted by Gasteiger charge is 2.31. The highest BCUT2D eigenvalue weighted by Crippen LogP contribution is 2.26. The Bertz CT molecular complexity index is 655. The van der Waals surface area contributed by atoms with Crippen LogP contribution in [-0.4, -0.2) is 31.8 Å². The largest absolute Gasteiger partial charge is 0.336 e. The van der Waals surface area contributed by atoms with E-state index in [0.717, 1.165) is 12.0 Å². The van der Waals surface area contributed by atoms with Crippen LogP contribution in [0, 0.1) is 5.92 Å². The second-order valence-electron chi connectivity index (χ2n) is 5.86. The number of aryl methyl sites for hydroxylation is 1. The summed E-state index contributed by atoms with van der Waals surface area (Å²) in [4.78, 5) is 14.6. The summed E-state index contributed by atoms with van der Waals surface area (Å²) in [5.74, 6) is 0.365. The van der Waals surface area contributed by atoms with Gasteiger partial charge in [0.1, 0.15) is 0 Å². The van der Waals surface area contributed by atoms with Crippen molar-refractivity contribution in [1.82, 2.24) is 4.90 Å². The first-order chi connectivity index (χ1) is 9.74. The monoisotopic (exact) mass is 310 g/mol. The number of sulfonamides is 1. The summed E-state index contributed by atoms with van der Waals surface area (Å²) in [6.45, 7) is 6.79. The molecule has 0 aromatic heterocycles. The summed E-state index contributed by atoms with van der Waals surface area (Å²) in [5, 5.41) is 5.17. The molecule has 6 heteroatoms. The van der Waals surface area contributed by atoms with Crippen molar-refractivity contribution in [3.05, 3.63) is 29.3 Å². The van der Waals surface area contributed by atoms with E-state index in [4.69, 9.17) is 5.14 Å². The van der Waals surface area contributed by atoms with Crippen molar-refractivity contribution in [3.8, 4) is 0 Å². The number of carbonyl (C=O) groups excluding carboxylic acids is 1. The van der Waals surface area contributed by atoms with Crippen LogP contribution in [0.2, 0.25) is 0 Å². The Kier molecular flexibility index (Phi) is 4.39. The van der Waals surface area contributed by atoms with Crippen LogP contribution in [0.25, 0.3) is 0 Å². The molecule has 1 saturated heterocycles. The molecule has 2 N–H and O–H groups in total. The molecular formula is C15H22N2O3S. The Hall–Kier alpha value is -1.40. The van der Waals surface area contributed by atoms with Gasteiger partial charge in [0, 0.05) is 18.2 Å². The lowest BCUT2D eigenvalue weighted by Crippen LogP contribution is -2.34. The van der Waals surface area contributed by atoms with Crippen LogP contribution in [0.3, 0.4) is 0 Å². The van der Waals surface area contributed by atoms with Gasteiger partial charge in [0.15, 0.2) is 0 Å². The molecule has 1 fully saturated rings. The minimum Gasteiger partial charge on any atom is -0.336 e. The van der Waals surface area contributed by atoms with Gasteiger partial charge in [-0.25, -0.2) is 13.6 Å². The summed E-state index contributed by atoms with van der Waals surface area (Å²) in [5.41, 5.74) is 1.30. The van der Waals surface area contributed by atoms with Crippen LogP contribution in [0.1, 0.15) is 43.1 Å². The maximum absolute atomic E-state index is 12.8. The van der Waals surface area contributed by atoms with Gasteiger partial charge in [-0.1, -0.05) is 19.9 Å². The SMILES string of the molecule is CCc1ccc(S(N)(=O)=O)cc1C(=O)N1CC(C)CC1C. The summed E-state index contributed by atoms with van der Waals surface area (Å²) in [6, 6.07) is 4.72. The number of nitrogens with zero attached hydrogens (tertiary/aromatic N) is 1. The molecule has 0 radical (unpaired) electrons. The molecule has 0 bridgehead atoms. The number of nitrogens with two attached hydrogens (primary N) is 1. The molecule has 116 valence electrons. The lowest BCUT2D eigenvalue weighted by atomic mass is 10.0. The van der Waals surface area contributed by atoms with E-state index in [-0.39, 0.29) is 16.8 Å². The molecule has 0 spiro atoms. The second kappa shape index (κ2) is 5.77. The number of carbonyl (C=O) groups is 1. The Balaban J connectivity index is 2.44. The van der Waals surface area contributed by atoms with E-state index in [9.17, 15) is 13.2 Å². The van der Waals surface area contributed by atoms with Gasteiger partial charge < -0.3 is 4.90 Å². The Morgan fingerprint density at radius 3 is 2.52 bits per heavy atom. The van der Waals surface area contributed by atoms with Gasteiger partial charge in [0.2, 0.25) is 10.0 Å². The first kappa shape index (κ1) is 16.0. The van der Waals surface area contributed by atoms with Gasteiger partial charge in [0.05, 0.1) is 4.90 Å². The Labute approximate surface area is 126 Å². The molecule has 1 aromatic carbocycles. The van der Waals surface area contributed by atoms with E-state index in [1.807, 2.05) is 18.7 Å². The smallest absolute Gasteiger partial charge is 0.254 e. The maximum atomic E-state index is 12.8. The highest BCUT2D eigenvalue weighted by atomic mass is 32.2. The van der Waals surface area contributed by atoms with Crippen molar-refractivity contribution in [1.29, 1.82) is 0 Å². The minimum absolute atomic E-state index is 0.0112. The number of hydrogen-bond acceptors (Lipinski definition) is 3. The standard InChI is InChI=1S/C15H22N2O3S/c1-4-12-5-6-13(21(16,19)20)8-14(12)15(18)17-9-10(2)7-11(17)3/h5-6,8,10-11H,4,7,9H2,1-3H3,(H2,16,19,20). The zero-order valence-electron chi connectivity index (χ0n) is 12.7. The van der Waals surface area contributed by atoms with E-state index in [1.165, 1.54) is 12.1 Å². The number of primary sulfonamides is 1. The molecule has 21 heavy (non-hydrogen) atoms. The van der Waals surface area contributed by atoms with Crippen LogP contribution in [0.15, 0.2) is 23.1 Å². The summed E-state index contributed by atoms with van der Waals surface area (Å²) in [7, 11) is -3.80. The van der Waals surface area contributed by atoms with Gasteiger partial charge in [-0.05, 0) is 43.4 Å². The minimum atomic E-state index is -3.80. The van der Waals surface area contributed by atoms with Crippen molar-refractivity contribution in [3.63, 3.8) is 0 Å². The number of rotatable bonds is 3. The first-order valence-corrected chi connectivity index (χ1v) is 8.75. The molecule has 1 aromatic rings. The van der Waals surface area contributed by atoms with Gasteiger partial charge in [-0.3, -0.25) is 4.79 Å². The fraction of sp³-hybridized carbons (Fsp3) is 0.533. The number of likely N-dealkylation sites (tertiary alicyclic amines) is 1. The van der Waals surface area contributed by atoms with E-state index in [1.54, 1.807) is 6.07 Å². The topological polar surface area (TPSA) is 80.5 Å². The van der Waals surface area contributed by atoms with Crippen LogP contribution in [-0.2, 0) is 16.4 Å². The molecule has 1 aliphatic rings. The average molecular weight is 310 g/mol. The summed E-state index contributed by atoms with van der Waals surface area (Å²) < 4.78 is 23.0. The Morgan fingerprint density at radius 2 is 2.05 bits per heavy atom. The van der Waals surface area contributed by atoms with Crippen LogP contribution in [0.5, 0.6) is 0 Å². The average Bonchev–Trinajstić information content (AvgIpc) is 2.75. The van der Waals surface area contributed by atoms with E-state index < -0.39 is 10.0 Å². The van der Waals surface area contributed by atoms with Crippen molar-refractivity contribution in [2.75, 3.05) is 6.54 Å². The van der Waals surface area contributed by atoms with E-state index >= 15 is 0 Å². The highest BCUT2D eigenvalue weighted by molar-refractivity contribution is 7.89. The third kappa shape index (κ3) is 3.27. The number of amides is 1. The summed E-state index contributed by atoms with van der Waals surface area (Å²) in [6.07, 6.45) is 1.64. The molecule has 0 aliphatic carbocycles. The summed E-state index contributed by atoms with van der Waals surface area (Å²) >= 11 is 0. The molecule has 1 aliphatic heterocycles. The third-order valence-electron chi connectivity index (χ3n) is 4.07. The van der Waals surface area contributed by atoms with Gasteiger partial charge >= 0.3 is 0 Å². The van der Waals surface area contributed by atoms with Crippen molar-refractivity contribution in [2.45, 2.75) is 44.6 Å². The fourth-order valence-corrected chi connectivity index (χ4v) is 3.52. The second-order valence-corrected chi connectivity index (χ2v) is 7.43. The molecule has 2 rings (SSSR count). The van der Waals surface area contributed by atoms with Crippen molar-refractivity contribution >= 4 is 15.9 Å². The molecule has 1 amide bonds. The van der Waals surface area contributed by atoms with Crippen LogP contribution >= 0.6 is 0 Å². The molecule has 2 unspecified atom stereocenters. The predicted octanol–water partition coefficient (Wildman–Crippen LogP) is 1.77. The van der Waals surface area contributed by atoms with E-state index in [0.29, 0.717) is 24.4 Å². The maximum Gasteiger partial charge on any atom is 0.254 e. The Morgan fingerprint density at radius 1 is 1.38 bits per heavy atom. The molecular weight excluding hydrogens is 288 g/mol. The van der Waals surface area contributed by atoms with Crippen LogP contribution < -0.4 is 5.14 Å². The van der Waals surface area contributed by atoms with Gasteiger partial charge in [-0.2, -0.15) is 0 Å². The quantitative estimate of drug-likeness (QED) is 0.924. The number of hydrogen-bond donors (Lipinski definition) is 1. The predicted molar refractivity (Wildman–Crippen MR) is 81.5 cm³/mol. The van der Waals surface area contributed by atoms with Crippen LogP contribution in [0.4, 0.5) is 0 Å². The van der Waals surface area contributed by atoms with Gasteiger partial charge in [0.25, 0.3) is 5.91 Å². The number of benzene rings is 1. The lowest BCUT2D eigenvalue weighted by Gasteiger charge is -2.23. The van der Waals surface area contributed by atoms with Crippen molar-refractivity contribution < 1.29 is 13.2 Å².